The van der Waals surface area contributed by atoms with E-state index in [-0.39, 0.29) is 23.7 Å². The van der Waals surface area contributed by atoms with Crippen LogP contribution in [0.3, 0.4) is 0 Å². The van der Waals surface area contributed by atoms with Crippen molar-refractivity contribution in [3.63, 3.8) is 0 Å². The molecule has 1 aromatic heterocycles. The van der Waals surface area contributed by atoms with E-state index in [2.05, 4.69) is 4.98 Å². The Hall–Kier alpha value is -2.60. The van der Waals surface area contributed by atoms with Crippen molar-refractivity contribution in [2.45, 2.75) is 11.3 Å². The van der Waals surface area contributed by atoms with Crippen molar-refractivity contribution in [1.82, 2.24) is 9.29 Å². The van der Waals surface area contributed by atoms with Crippen LogP contribution in [-0.4, -0.2) is 48.8 Å². The molecule has 0 amide bonds. The number of benzene rings is 2. The number of anilines is 1. The van der Waals surface area contributed by atoms with Crippen molar-refractivity contribution in [2.75, 3.05) is 31.1 Å². The van der Waals surface area contributed by atoms with Crippen LogP contribution >= 0.6 is 22.9 Å². The SMILES string of the molecule is O=[N+]([O-])c1cccc(S(=O)(=O)N2CCN(c3nc(Cc4cc(F)cc(Cl)c4)cs3)CC2)c1. The number of nitrogens with zero attached hydrogens (tertiary/aromatic N) is 4. The molecule has 4 rings (SSSR count). The Kier molecular flexibility index (Phi) is 6.42. The van der Waals surface area contributed by atoms with Gasteiger partial charge in [-0.3, -0.25) is 10.1 Å². The summed E-state index contributed by atoms with van der Waals surface area (Å²) in [4.78, 5) is 16.9. The molecule has 0 N–H and O–H groups in total. The summed E-state index contributed by atoms with van der Waals surface area (Å²) in [5, 5.41) is 13.9. The van der Waals surface area contributed by atoms with Gasteiger partial charge in [0.05, 0.1) is 15.5 Å². The van der Waals surface area contributed by atoms with Gasteiger partial charge in [-0.15, -0.1) is 11.3 Å². The molecule has 0 spiro atoms. The lowest BCUT2D eigenvalue weighted by molar-refractivity contribution is -0.385. The minimum Gasteiger partial charge on any atom is -0.345 e. The lowest BCUT2D eigenvalue weighted by Gasteiger charge is -2.33. The summed E-state index contributed by atoms with van der Waals surface area (Å²) in [5.41, 5.74) is 1.23. The predicted octanol–water partition coefficient (Wildman–Crippen LogP) is 3.95. The zero-order valence-corrected chi connectivity index (χ0v) is 19.0. The third-order valence-corrected chi connectivity index (χ3v) is 8.09. The van der Waals surface area contributed by atoms with E-state index in [0.717, 1.165) is 22.5 Å². The molecule has 0 radical (unpaired) electrons. The number of hydrogen-bond donors (Lipinski definition) is 0. The maximum atomic E-state index is 13.5. The van der Waals surface area contributed by atoms with Gasteiger partial charge in [-0.1, -0.05) is 17.7 Å². The van der Waals surface area contributed by atoms with Crippen LogP contribution in [0.25, 0.3) is 0 Å². The first-order chi connectivity index (χ1) is 15.2. The molecule has 0 bridgehead atoms. The highest BCUT2D eigenvalue weighted by atomic mass is 35.5. The van der Waals surface area contributed by atoms with Crippen molar-refractivity contribution < 1.29 is 17.7 Å². The third kappa shape index (κ3) is 4.90. The molecule has 1 aliphatic heterocycles. The number of nitro groups is 1. The summed E-state index contributed by atoms with van der Waals surface area (Å²) in [6, 6.07) is 9.43. The molecule has 3 aromatic rings. The Morgan fingerprint density at radius 3 is 2.59 bits per heavy atom. The van der Waals surface area contributed by atoms with Gasteiger partial charge in [-0.05, 0) is 29.8 Å². The van der Waals surface area contributed by atoms with Gasteiger partial charge in [0, 0.05) is 55.1 Å². The molecule has 1 aliphatic rings. The van der Waals surface area contributed by atoms with E-state index in [0.29, 0.717) is 24.5 Å². The number of aromatic nitrogens is 1. The number of rotatable bonds is 6. The van der Waals surface area contributed by atoms with Crippen LogP contribution in [-0.2, 0) is 16.4 Å². The second-order valence-corrected chi connectivity index (χ2v) is 10.4. The van der Waals surface area contributed by atoms with Gasteiger partial charge >= 0.3 is 0 Å². The summed E-state index contributed by atoms with van der Waals surface area (Å²) < 4.78 is 40.7. The summed E-state index contributed by atoms with van der Waals surface area (Å²) >= 11 is 7.35. The summed E-state index contributed by atoms with van der Waals surface area (Å²) in [5.74, 6) is -0.399. The lowest BCUT2D eigenvalue weighted by Crippen LogP contribution is -2.48. The Morgan fingerprint density at radius 1 is 1.16 bits per heavy atom. The van der Waals surface area contributed by atoms with Crippen molar-refractivity contribution in [3.8, 4) is 0 Å². The van der Waals surface area contributed by atoms with Crippen LogP contribution < -0.4 is 4.90 Å². The number of hydrogen-bond acceptors (Lipinski definition) is 7. The number of nitro benzene ring substituents is 1. The molecule has 168 valence electrons. The monoisotopic (exact) mass is 496 g/mol. The Morgan fingerprint density at radius 2 is 1.91 bits per heavy atom. The number of piperazine rings is 1. The van der Waals surface area contributed by atoms with Gasteiger partial charge in [0.25, 0.3) is 5.69 Å². The van der Waals surface area contributed by atoms with E-state index in [9.17, 15) is 22.9 Å². The van der Waals surface area contributed by atoms with Gasteiger partial charge < -0.3 is 4.90 Å². The summed E-state index contributed by atoms with van der Waals surface area (Å²) in [6.45, 7) is 1.35. The average molecular weight is 497 g/mol. The van der Waals surface area contributed by atoms with E-state index in [1.54, 1.807) is 6.07 Å². The van der Waals surface area contributed by atoms with Crippen LogP contribution in [0.2, 0.25) is 5.02 Å². The van der Waals surface area contributed by atoms with Crippen LogP contribution in [0.5, 0.6) is 0 Å². The number of sulfonamides is 1. The maximum Gasteiger partial charge on any atom is 0.270 e. The van der Waals surface area contributed by atoms with E-state index >= 15 is 0 Å². The molecular formula is C20H18ClFN4O4S2. The smallest absolute Gasteiger partial charge is 0.270 e. The number of non-ortho nitro benzene ring substituents is 1. The largest absolute Gasteiger partial charge is 0.345 e. The normalized spacial score (nSPS) is 15.1. The molecule has 32 heavy (non-hydrogen) atoms. The first-order valence-electron chi connectivity index (χ1n) is 9.61. The second kappa shape index (κ2) is 9.10. The average Bonchev–Trinajstić information content (AvgIpc) is 3.21. The Labute approximate surface area is 193 Å². The molecule has 1 fully saturated rings. The number of halogens is 2. The van der Waals surface area contributed by atoms with Crippen molar-refractivity contribution in [2.24, 2.45) is 0 Å². The molecule has 0 saturated carbocycles. The topological polar surface area (TPSA) is 96.6 Å². The molecule has 8 nitrogen and oxygen atoms in total. The standard InChI is InChI=1S/C20H18ClFN4O4S2/c21-15-8-14(9-16(22)11-15)10-17-13-31-20(23-17)24-4-6-25(7-5-24)32(29,30)19-3-1-2-18(12-19)26(27)28/h1-3,8-9,11-13H,4-7,10H2. The fraction of sp³-hybridized carbons (Fsp3) is 0.250. The first-order valence-corrected chi connectivity index (χ1v) is 12.3. The van der Waals surface area contributed by atoms with E-state index in [1.807, 2.05) is 10.3 Å². The van der Waals surface area contributed by atoms with E-state index in [1.165, 1.54) is 46.0 Å². The number of thiazole rings is 1. The van der Waals surface area contributed by atoms with E-state index < -0.39 is 20.8 Å². The highest BCUT2D eigenvalue weighted by Gasteiger charge is 2.30. The summed E-state index contributed by atoms with van der Waals surface area (Å²) in [6.07, 6.45) is 0.440. The molecule has 2 heterocycles. The van der Waals surface area contributed by atoms with Crippen LogP contribution in [0.4, 0.5) is 15.2 Å². The van der Waals surface area contributed by atoms with Gasteiger partial charge in [-0.2, -0.15) is 4.31 Å². The molecule has 0 aliphatic carbocycles. The first kappa shape index (κ1) is 22.6. The predicted molar refractivity (Wildman–Crippen MR) is 120 cm³/mol. The van der Waals surface area contributed by atoms with Crippen molar-refractivity contribution >= 4 is 43.8 Å². The summed E-state index contributed by atoms with van der Waals surface area (Å²) in [7, 11) is -3.83. The molecule has 0 atom stereocenters. The van der Waals surface area contributed by atoms with Gasteiger partial charge in [0.15, 0.2) is 5.13 Å². The third-order valence-electron chi connectivity index (χ3n) is 5.02. The van der Waals surface area contributed by atoms with Crippen molar-refractivity contribution in [3.05, 3.63) is 80.1 Å². The highest BCUT2D eigenvalue weighted by Crippen LogP contribution is 2.27. The molecule has 12 heteroatoms. The fourth-order valence-corrected chi connectivity index (χ4v) is 6.06. The lowest BCUT2D eigenvalue weighted by atomic mass is 10.1. The molecule has 2 aromatic carbocycles. The van der Waals surface area contributed by atoms with Gasteiger partial charge in [-0.25, -0.2) is 17.8 Å². The van der Waals surface area contributed by atoms with Crippen LogP contribution in [0.15, 0.2) is 52.7 Å². The van der Waals surface area contributed by atoms with Crippen LogP contribution in [0.1, 0.15) is 11.3 Å². The maximum absolute atomic E-state index is 13.5. The zero-order valence-electron chi connectivity index (χ0n) is 16.6. The minimum absolute atomic E-state index is 0.0922. The zero-order chi connectivity index (χ0) is 22.9. The minimum atomic E-state index is -3.83. The van der Waals surface area contributed by atoms with E-state index in [4.69, 9.17) is 11.6 Å². The van der Waals surface area contributed by atoms with Gasteiger partial charge in [0.1, 0.15) is 5.82 Å². The van der Waals surface area contributed by atoms with Crippen molar-refractivity contribution in [1.29, 1.82) is 0 Å². The molecule has 0 unspecified atom stereocenters. The molecular weight excluding hydrogens is 479 g/mol. The molecule has 1 saturated heterocycles. The highest BCUT2D eigenvalue weighted by molar-refractivity contribution is 7.89. The van der Waals surface area contributed by atoms with Gasteiger partial charge in [0.2, 0.25) is 10.0 Å². The van der Waals surface area contributed by atoms with Crippen LogP contribution in [0, 0.1) is 15.9 Å². The Bertz CT molecular complexity index is 1240. The quantitative estimate of drug-likeness (QED) is 0.379. The second-order valence-electron chi connectivity index (χ2n) is 7.22. The fourth-order valence-electron chi connectivity index (χ4n) is 3.47. The Balaban J connectivity index is 1.42.